The van der Waals surface area contributed by atoms with Crippen LogP contribution in [-0.4, -0.2) is 19.0 Å². The number of hydrogen-bond donors (Lipinski definition) is 1. The van der Waals surface area contributed by atoms with E-state index in [0.29, 0.717) is 17.7 Å². The second-order valence-electron chi connectivity index (χ2n) is 4.12. The van der Waals surface area contributed by atoms with Crippen LogP contribution in [0.3, 0.4) is 0 Å². The van der Waals surface area contributed by atoms with Crippen LogP contribution in [0.1, 0.15) is 42.1 Å². The molecule has 1 aromatic carbocycles. The van der Waals surface area contributed by atoms with E-state index in [1.165, 1.54) is 7.11 Å². The Morgan fingerprint density at radius 1 is 1.33 bits per heavy atom. The second-order valence-corrected chi connectivity index (χ2v) is 4.12. The summed E-state index contributed by atoms with van der Waals surface area (Å²) in [5.74, 6) is -0.417. The lowest BCUT2D eigenvalue weighted by Crippen LogP contribution is -2.13. The minimum Gasteiger partial charge on any atom is -0.465 e. The van der Waals surface area contributed by atoms with Crippen molar-refractivity contribution in [1.82, 2.24) is 0 Å². The van der Waals surface area contributed by atoms with Crippen molar-refractivity contribution in [1.29, 1.82) is 0 Å². The number of nitrogens with one attached hydrogen (secondary N) is 1. The number of carbonyl (C=O) groups excluding carboxylic acids is 2. The van der Waals surface area contributed by atoms with Gasteiger partial charge in [-0.25, -0.2) is 4.79 Å². The lowest BCUT2D eigenvalue weighted by molar-refractivity contribution is -0.116. The second kappa shape index (κ2) is 6.79. The van der Waals surface area contributed by atoms with Gasteiger partial charge in [-0.2, -0.15) is 0 Å². The molecule has 0 spiro atoms. The van der Waals surface area contributed by atoms with E-state index in [0.717, 1.165) is 18.4 Å². The molecular weight excluding hydrogens is 230 g/mol. The van der Waals surface area contributed by atoms with Gasteiger partial charge in [-0.1, -0.05) is 19.4 Å². The Kier molecular flexibility index (Phi) is 5.36. The smallest absolute Gasteiger partial charge is 0.338 e. The predicted molar refractivity (Wildman–Crippen MR) is 70.7 cm³/mol. The van der Waals surface area contributed by atoms with E-state index < -0.39 is 5.97 Å². The van der Waals surface area contributed by atoms with Gasteiger partial charge in [0.1, 0.15) is 0 Å². The van der Waals surface area contributed by atoms with Crippen LogP contribution < -0.4 is 5.32 Å². The van der Waals surface area contributed by atoms with Crippen LogP contribution in [0.25, 0.3) is 0 Å². The van der Waals surface area contributed by atoms with E-state index in [1.807, 2.05) is 6.92 Å². The van der Waals surface area contributed by atoms with Gasteiger partial charge < -0.3 is 10.1 Å². The molecule has 0 radical (unpaired) electrons. The highest BCUT2D eigenvalue weighted by atomic mass is 16.5. The Labute approximate surface area is 107 Å². The van der Waals surface area contributed by atoms with Crippen LogP contribution in [0.15, 0.2) is 18.2 Å². The molecular formula is C14H19NO3. The van der Waals surface area contributed by atoms with Gasteiger partial charge in [-0.15, -0.1) is 0 Å². The summed E-state index contributed by atoms with van der Waals surface area (Å²) in [6.07, 6.45) is 2.34. The molecule has 0 saturated heterocycles. The van der Waals surface area contributed by atoms with Gasteiger partial charge in [0.25, 0.3) is 0 Å². The van der Waals surface area contributed by atoms with Gasteiger partial charge in [-0.3, -0.25) is 4.79 Å². The Morgan fingerprint density at radius 3 is 2.67 bits per heavy atom. The summed E-state index contributed by atoms with van der Waals surface area (Å²) >= 11 is 0. The fourth-order valence-corrected chi connectivity index (χ4v) is 1.65. The number of esters is 1. The van der Waals surface area contributed by atoms with Crippen molar-refractivity contribution in [3.05, 3.63) is 29.3 Å². The van der Waals surface area contributed by atoms with E-state index >= 15 is 0 Å². The van der Waals surface area contributed by atoms with Gasteiger partial charge >= 0.3 is 5.97 Å². The highest BCUT2D eigenvalue weighted by Gasteiger charge is 2.12. The first-order valence-electron chi connectivity index (χ1n) is 6.08. The molecule has 0 aliphatic rings. The number of rotatable bonds is 5. The maximum atomic E-state index is 11.6. The molecule has 18 heavy (non-hydrogen) atoms. The molecule has 1 N–H and O–H groups in total. The molecule has 1 aromatic rings. The van der Waals surface area contributed by atoms with Crippen molar-refractivity contribution in [3.63, 3.8) is 0 Å². The molecule has 0 heterocycles. The fraction of sp³-hybridized carbons (Fsp3) is 0.429. The Morgan fingerprint density at radius 2 is 2.06 bits per heavy atom. The average Bonchev–Trinajstić information content (AvgIpc) is 2.38. The van der Waals surface area contributed by atoms with Crippen LogP contribution in [0.4, 0.5) is 5.69 Å². The monoisotopic (exact) mass is 249 g/mol. The van der Waals surface area contributed by atoms with Gasteiger partial charge in [-0.05, 0) is 31.0 Å². The van der Waals surface area contributed by atoms with E-state index in [2.05, 4.69) is 5.32 Å². The quantitative estimate of drug-likeness (QED) is 0.816. The van der Waals surface area contributed by atoms with Gasteiger partial charge in [0, 0.05) is 12.1 Å². The van der Waals surface area contributed by atoms with Crippen LogP contribution in [0.5, 0.6) is 0 Å². The van der Waals surface area contributed by atoms with Crippen LogP contribution in [-0.2, 0) is 9.53 Å². The number of ether oxygens (including phenoxy) is 1. The van der Waals surface area contributed by atoms with Gasteiger partial charge in [0.15, 0.2) is 0 Å². The van der Waals surface area contributed by atoms with Crippen molar-refractivity contribution >= 4 is 17.6 Å². The lowest BCUT2D eigenvalue weighted by Gasteiger charge is -2.11. The summed E-state index contributed by atoms with van der Waals surface area (Å²) in [6, 6.07) is 5.20. The molecule has 0 atom stereocenters. The molecule has 0 unspecified atom stereocenters. The summed E-state index contributed by atoms with van der Waals surface area (Å²) < 4.78 is 4.69. The summed E-state index contributed by atoms with van der Waals surface area (Å²) in [5, 5.41) is 2.82. The minimum atomic E-state index is -0.392. The fourth-order valence-electron chi connectivity index (χ4n) is 1.65. The molecule has 0 saturated carbocycles. The summed E-state index contributed by atoms with van der Waals surface area (Å²) in [6.45, 7) is 3.83. The highest BCUT2D eigenvalue weighted by Crippen LogP contribution is 2.20. The zero-order chi connectivity index (χ0) is 13.5. The number of hydrogen-bond acceptors (Lipinski definition) is 3. The first kappa shape index (κ1) is 14.2. The third-order valence-electron chi connectivity index (χ3n) is 2.77. The van der Waals surface area contributed by atoms with E-state index in [1.54, 1.807) is 25.1 Å². The topological polar surface area (TPSA) is 55.4 Å². The summed E-state index contributed by atoms with van der Waals surface area (Å²) in [5.41, 5.74) is 1.87. The molecule has 0 bridgehead atoms. The summed E-state index contributed by atoms with van der Waals surface area (Å²) in [4.78, 5) is 23.2. The van der Waals surface area contributed by atoms with E-state index in [9.17, 15) is 9.59 Å². The maximum absolute atomic E-state index is 11.6. The molecule has 98 valence electrons. The molecule has 4 nitrogen and oxygen atoms in total. The number of carbonyl (C=O) groups is 2. The predicted octanol–water partition coefficient (Wildman–Crippen LogP) is 2.91. The molecule has 4 heteroatoms. The molecule has 0 aliphatic heterocycles. The summed E-state index contributed by atoms with van der Waals surface area (Å²) in [7, 11) is 1.34. The van der Waals surface area contributed by atoms with Crippen LogP contribution >= 0.6 is 0 Å². The SMILES string of the molecule is CCCCC(=O)Nc1cccc(C(=O)OC)c1C. The van der Waals surface area contributed by atoms with Crippen molar-refractivity contribution in [2.45, 2.75) is 33.1 Å². The van der Waals surface area contributed by atoms with E-state index in [-0.39, 0.29) is 5.91 Å². The maximum Gasteiger partial charge on any atom is 0.338 e. The van der Waals surface area contributed by atoms with Crippen molar-refractivity contribution < 1.29 is 14.3 Å². The highest BCUT2D eigenvalue weighted by molar-refractivity contribution is 5.96. The molecule has 1 rings (SSSR count). The normalized spacial score (nSPS) is 9.94. The van der Waals surface area contributed by atoms with Crippen molar-refractivity contribution in [2.24, 2.45) is 0 Å². The molecule has 0 aromatic heterocycles. The number of amides is 1. The third-order valence-corrected chi connectivity index (χ3v) is 2.77. The van der Waals surface area contributed by atoms with Crippen LogP contribution in [0, 0.1) is 6.92 Å². The van der Waals surface area contributed by atoms with Crippen LogP contribution in [0.2, 0.25) is 0 Å². The number of unbranched alkanes of at least 4 members (excludes halogenated alkanes) is 1. The standard InChI is InChI=1S/C14H19NO3/c1-4-5-9-13(16)15-12-8-6-7-11(10(12)2)14(17)18-3/h6-8H,4-5,9H2,1-3H3,(H,15,16). The van der Waals surface area contributed by atoms with Gasteiger partial charge in [0.05, 0.1) is 12.7 Å². The molecule has 0 aliphatic carbocycles. The van der Waals surface area contributed by atoms with Gasteiger partial charge in [0.2, 0.25) is 5.91 Å². The zero-order valence-corrected chi connectivity index (χ0v) is 11.1. The Balaban J connectivity index is 2.84. The molecule has 0 fully saturated rings. The minimum absolute atomic E-state index is 0.0260. The van der Waals surface area contributed by atoms with Crippen molar-refractivity contribution in [2.75, 3.05) is 12.4 Å². The van der Waals surface area contributed by atoms with Crippen molar-refractivity contribution in [3.8, 4) is 0 Å². The number of benzene rings is 1. The largest absolute Gasteiger partial charge is 0.465 e. The zero-order valence-electron chi connectivity index (χ0n) is 11.1. The van der Waals surface area contributed by atoms with E-state index in [4.69, 9.17) is 4.74 Å². The first-order chi connectivity index (χ1) is 8.60. The Bertz CT molecular complexity index is 441. The number of anilines is 1. The Hall–Kier alpha value is -1.84. The molecule has 1 amide bonds. The first-order valence-corrected chi connectivity index (χ1v) is 6.08. The number of methoxy groups -OCH3 is 1. The lowest BCUT2D eigenvalue weighted by atomic mass is 10.1. The average molecular weight is 249 g/mol. The third kappa shape index (κ3) is 3.58.